The molecule has 0 aromatic heterocycles. The molecule has 86 valence electrons. The molecule has 0 saturated heterocycles. The van der Waals surface area contributed by atoms with Gasteiger partial charge in [0.25, 0.3) is 0 Å². The summed E-state index contributed by atoms with van der Waals surface area (Å²) in [5.74, 6) is 0.563. The lowest BCUT2D eigenvalue weighted by Crippen LogP contribution is -2.35. The highest BCUT2D eigenvalue weighted by atomic mass is 35.5. The van der Waals surface area contributed by atoms with Gasteiger partial charge in [0.2, 0.25) is 0 Å². The average molecular weight is 223 g/mol. The lowest BCUT2D eigenvalue weighted by atomic mass is 9.98. The van der Waals surface area contributed by atoms with Crippen LogP contribution < -0.4 is 0 Å². The Bertz CT molecular complexity index is 129. The molecule has 0 amide bonds. The van der Waals surface area contributed by atoms with Gasteiger partial charge >= 0.3 is 0 Å². The van der Waals surface area contributed by atoms with Gasteiger partial charge in [0.1, 0.15) is 0 Å². The topological polar surface area (TPSA) is 18.5 Å². The van der Waals surface area contributed by atoms with Crippen LogP contribution in [0.3, 0.4) is 0 Å². The molecular formula is C11H23ClO2. The highest BCUT2D eigenvalue weighted by Gasteiger charge is 2.28. The van der Waals surface area contributed by atoms with Crippen LogP contribution in [0.5, 0.6) is 0 Å². The van der Waals surface area contributed by atoms with Gasteiger partial charge in [-0.15, -0.1) is 11.6 Å². The second-order valence-corrected chi connectivity index (χ2v) is 4.82. The molecule has 0 atom stereocenters. The molecule has 0 aliphatic rings. The van der Waals surface area contributed by atoms with Gasteiger partial charge in [-0.3, -0.25) is 0 Å². The van der Waals surface area contributed by atoms with Crippen molar-refractivity contribution in [1.82, 2.24) is 0 Å². The maximum absolute atomic E-state index is 6.44. The Morgan fingerprint density at radius 2 is 1.50 bits per heavy atom. The van der Waals surface area contributed by atoms with Crippen molar-refractivity contribution in [3.05, 3.63) is 0 Å². The van der Waals surface area contributed by atoms with Crippen molar-refractivity contribution in [2.75, 3.05) is 26.4 Å². The van der Waals surface area contributed by atoms with Gasteiger partial charge in [-0.25, -0.2) is 0 Å². The molecule has 0 heterocycles. The van der Waals surface area contributed by atoms with E-state index in [0.29, 0.717) is 32.3 Å². The predicted octanol–water partition coefficient (Wildman–Crippen LogP) is 3.08. The number of alkyl halides is 1. The van der Waals surface area contributed by atoms with Crippen molar-refractivity contribution < 1.29 is 9.47 Å². The van der Waals surface area contributed by atoms with E-state index in [4.69, 9.17) is 21.1 Å². The third kappa shape index (κ3) is 6.63. The summed E-state index contributed by atoms with van der Waals surface area (Å²) in [6.45, 7) is 10.8. The van der Waals surface area contributed by atoms with Gasteiger partial charge in [0.15, 0.2) is 0 Å². The summed E-state index contributed by atoms with van der Waals surface area (Å²) < 4.78 is 10.8. The Kier molecular flexibility index (Phi) is 7.61. The molecule has 0 aromatic rings. The van der Waals surface area contributed by atoms with E-state index >= 15 is 0 Å². The Morgan fingerprint density at radius 1 is 1.07 bits per heavy atom. The minimum Gasteiger partial charge on any atom is -0.380 e. The summed E-state index contributed by atoms with van der Waals surface area (Å²) >= 11 is 6.44. The average Bonchev–Trinajstić information content (AvgIpc) is 2.11. The predicted molar refractivity (Wildman–Crippen MR) is 61.0 cm³/mol. The molecule has 0 spiro atoms. The van der Waals surface area contributed by atoms with Crippen LogP contribution in [0.1, 0.15) is 34.1 Å². The van der Waals surface area contributed by atoms with Crippen LogP contribution in [0.15, 0.2) is 0 Å². The van der Waals surface area contributed by atoms with Crippen molar-refractivity contribution in [3.8, 4) is 0 Å². The van der Waals surface area contributed by atoms with E-state index in [-0.39, 0.29) is 4.87 Å². The number of hydrogen-bond acceptors (Lipinski definition) is 2. The fourth-order valence-corrected chi connectivity index (χ4v) is 1.92. The van der Waals surface area contributed by atoms with Crippen LogP contribution in [0, 0.1) is 5.92 Å². The van der Waals surface area contributed by atoms with Crippen LogP contribution in [-0.4, -0.2) is 31.3 Å². The van der Waals surface area contributed by atoms with Crippen LogP contribution in [0.4, 0.5) is 0 Å². The minimum atomic E-state index is -0.347. The van der Waals surface area contributed by atoms with Crippen LogP contribution in [0.25, 0.3) is 0 Å². The minimum absolute atomic E-state index is 0.347. The molecule has 0 radical (unpaired) electrons. The third-order valence-corrected chi connectivity index (χ3v) is 2.28. The van der Waals surface area contributed by atoms with Crippen molar-refractivity contribution >= 4 is 11.6 Å². The molecule has 0 bridgehead atoms. The first-order valence-corrected chi connectivity index (χ1v) is 5.76. The highest BCUT2D eigenvalue weighted by molar-refractivity contribution is 6.24. The molecule has 14 heavy (non-hydrogen) atoms. The monoisotopic (exact) mass is 222 g/mol. The zero-order valence-corrected chi connectivity index (χ0v) is 10.6. The Morgan fingerprint density at radius 3 is 1.79 bits per heavy atom. The lowest BCUT2D eigenvalue weighted by Gasteiger charge is -2.28. The fourth-order valence-electron chi connectivity index (χ4n) is 1.46. The molecule has 2 nitrogen and oxygen atoms in total. The van der Waals surface area contributed by atoms with E-state index < -0.39 is 0 Å². The standard InChI is InChI=1S/C11H23ClO2/c1-5-13-8-11(12,7-10(3)4)9-14-6-2/h10H,5-9H2,1-4H3. The van der Waals surface area contributed by atoms with Gasteiger partial charge in [-0.2, -0.15) is 0 Å². The van der Waals surface area contributed by atoms with E-state index in [1.54, 1.807) is 0 Å². The number of hydrogen-bond donors (Lipinski definition) is 0. The van der Waals surface area contributed by atoms with Gasteiger partial charge in [-0.05, 0) is 26.2 Å². The molecule has 0 rings (SSSR count). The zero-order valence-electron chi connectivity index (χ0n) is 9.81. The van der Waals surface area contributed by atoms with Gasteiger partial charge in [0, 0.05) is 13.2 Å². The first-order chi connectivity index (χ1) is 6.54. The number of rotatable bonds is 8. The second-order valence-electron chi connectivity index (χ2n) is 4.02. The Labute approximate surface area is 92.9 Å². The summed E-state index contributed by atoms with van der Waals surface area (Å²) in [5.41, 5.74) is 0. The van der Waals surface area contributed by atoms with Crippen molar-refractivity contribution in [1.29, 1.82) is 0 Å². The van der Waals surface area contributed by atoms with E-state index in [2.05, 4.69) is 13.8 Å². The fraction of sp³-hybridized carbons (Fsp3) is 1.00. The molecule has 0 fully saturated rings. The van der Waals surface area contributed by atoms with Crippen molar-refractivity contribution in [2.24, 2.45) is 5.92 Å². The summed E-state index contributed by atoms with van der Waals surface area (Å²) in [4.78, 5) is -0.347. The quantitative estimate of drug-likeness (QED) is 0.588. The molecule has 0 unspecified atom stereocenters. The molecule has 0 aliphatic carbocycles. The highest BCUT2D eigenvalue weighted by Crippen LogP contribution is 2.25. The van der Waals surface area contributed by atoms with Gasteiger partial charge in [0.05, 0.1) is 18.1 Å². The molecular weight excluding hydrogens is 200 g/mol. The number of halogens is 1. The van der Waals surface area contributed by atoms with Crippen LogP contribution in [-0.2, 0) is 9.47 Å². The summed E-state index contributed by atoms with van der Waals surface area (Å²) in [6.07, 6.45) is 0.925. The van der Waals surface area contributed by atoms with E-state index in [1.165, 1.54) is 0 Å². The SMILES string of the molecule is CCOCC(Cl)(COCC)CC(C)C. The molecule has 3 heteroatoms. The smallest absolute Gasteiger partial charge is 0.0914 e. The van der Waals surface area contributed by atoms with Crippen molar-refractivity contribution in [2.45, 2.75) is 39.0 Å². The summed E-state index contributed by atoms with van der Waals surface area (Å²) in [6, 6.07) is 0. The molecule has 0 saturated carbocycles. The maximum Gasteiger partial charge on any atom is 0.0914 e. The maximum atomic E-state index is 6.44. The number of ether oxygens (including phenoxy) is 2. The zero-order chi connectivity index (χ0) is 11.0. The first-order valence-electron chi connectivity index (χ1n) is 5.38. The van der Waals surface area contributed by atoms with Crippen LogP contribution >= 0.6 is 11.6 Å². The second kappa shape index (κ2) is 7.49. The van der Waals surface area contributed by atoms with E-state index in [1.807, 2.05) is 13.8 Å². The van der Waals surface area contributed by atoms with Gasteiger partial charge in [-0.1, -0.05) is 13.8 Å². The van der Waals surface area contributed by atoms with Crippen molar-refractivity contribution in [3.63, 3.8) is 0 Å². The normalized spacial score (nSPS) is 12.4. The third-order valence-electron chi connectivity index (χ3n) is 1.90. The first kappa shape index (κ1) is 14.2. The van der Waals surface area contributed by atoms with Crippen LogP contribution in [0.2, 0.25) is 0 Å². The molecule has 0 aliphatic heterocycles. The Hall–Kier alpha value is 0.210. The van der Waals surface area contributed by atoms with Gasteiger partial charge < -0.3 is 9.47 Å². The largest absolute Gasteiger partial charge is 0.380 e. The lowest BCUT2D eigenvalue weighted by molar-refractivity contribution is 0.0533. The molecule has 0 N–H and O–H groups in total. The molecule has 0 aromatic carbocycles. The summed E-state index contributed by atoms with van der Waals surface area (Å²) in [7, 11) is 0. The van der Waals surface area contributed by atoms with E-state index in [0.717, 1.165) is 6.42 Å². The Balaban J connectivity index is 4.03. The van der Waals surface area contributed by atoms with E-state index in [9.17, 15) is 0 Å². The summed E-state index contributed by atoms with van der Waals surface area (Å²) in [5, 5.41) is 0.